The van der Waals surface area contributed by atoms with Crippen LogP contribution in [0, 0.1) is 12.8 Å². The van der Waals surface area contributed by atoms with E-state index in [4.69, 9.17) is 9.47 Å². The van der Waals surface area contributed by atoms with Crippen LogP contribution < -0.4 is 4.74 Å². The third-order valence-electron chi connectivity index (χ3n) is 8.49. The van der Waals surface area contributed by atoms with Crippen molar-refractivity contribution in [3.05, 3.63) is 23.8 Å². The molecule has 0 aromatic heterocycles. The number of carboxylic acids is 1. The Morgan fingerprint density at radius 3 is 2.40 bits per heavy atom. The van der Waals surface area contributed by atoms with Crippen molar-refractivity contribution in [1.29, 1.82) is 0 Å². The quantitative estimate of drug-likeness (QED) is 0.268. The second-order valence-electron chi connectivity index (χ2n) is 13.3. The van der Waals surface area contributed by atoms with Crippen LogP contribution >= 0.6 is 0 Å². The van der Waals surface area contributed by atoms with E-state index >= 15 is 0 Å². The first-order chi connectivity index (χ1) is 20.1. The van der Waals surface area contributed by atoms with Gasteiger partial charge in [0.2, 0.25) is 15.9 Å². The number of unbranched alkanes of at least 4 members (excludes halogenated alkanes) is 1. The predicted molar refractivity (Wildman–Crippen MR) is 157 cm³/mol. The number of aliphatic carboxylic acids is 1. The maximum absolute atomic E-state index is 13.8. The summed E-state index contributed by atoms with van der Waals surface area (Å²) in [6.07, 6.45) is 3.83. The Kier molecular flexibility index (Phi) is 10.3. The molecule has 1 aromatic rings. The number of hydrogen-bond donors (Lipinski definition) is 1. The molecule has 1 N–H and O–H groups in total. The van der Waals surface area contributed by atoms with Gasteiger partial charge in [0.25, 0.3) is 0 Å². The molecule has 2 saturated carbocycles. The minimum atomic E-state index is -4.10. The van der Waals surface area contributed by atoms with Gasteiger partial charge < -0.3 is 19.5 Å². The molecule has 12 heteroatoms. The minimum absolute atomic E-state index is 0.0258. The summed E-state index contributed by atoms with van der Waals surface area (Å²) < 4.78 is 68.0. The average molecular weight is 629 g/mol. The summed E-state index contributed by atoms with van der Waals surface area (Å²) in [5.41, 5.74) is 0.121. The molecular formula is C31H46F2N2O7S. The van der Waals surface area contributed by atoms with Crippen molar-refractivity contribution in [1.82, 2.24) is 9.21 Å². The van der Waals surface area contributed by atoms with Gasteiger partial charge in [0, 0.05) is 32.0 Å². The zero-order valence-electron chi connectivity index (χ0n) is 25.7. The summed E-state index contributed by atoms with van der Waals surface area (Å²) in [4.78, 5) is 26.4. The lowest BCUT2D eigenvalue weighted by molar-refractivity contribution is -0.140. The number of carboxylic acid groups (broad SMARTS) is 1. The van der Waals surface area contributed by atoms with Gasteiger partial charge in [-0.15, -0.1) is 0 Å². The highest BCUT2D eigenvalue weighted by Gasteiger charge is 2.42. The number of amides is 1. The van der Waals surface area contributed by atoms with Gasteiger partial charge in [-0.25, -0.2) is 22.0 Å². The summed E-state index contributed by atoms with van der Waals surface area (Å²) in [6.45, 7) is 7.70. The molecule has 1 heterocycles. The van der Waals surface area contributed by atoms with Crippen molar-refractivity contribution in [2.24, 2.45) is 5.92 Å². The van der Waals surface area contributed by atoms with Gasteiger partial charge in [0.1, 0.15) is 28.4 Å². The highest BCUT2D eigenvalue weighted by atomic mass is 32.2. The van der Waals surface area contributed by atoms with Crippen molar-refractivity contribution in [2.75, 3.05) is 13.1 Å². The predicted octanol–water partition coefficient (Wildman–Crippen LogP) is 6.38. The minimum Gasteiger partial charge on any atom is -0.489 e. The fourth-order valence-electron chi connectivity index (χ4n) is 6.05. The van der Waals surface area contributed by atoms with Crippen molar-refractivity contribution in [2.45, 2.75) is 133 Å². The van der Waals surface area contributed by atoms with Crippen LogP contribution in [-0.4, -0.2) is 77.6 Å². The Balaban J connectivity index is 1.43. The van der Waals surface area contributed by atoms with Crippen LogP contribution in [0.3, 0.4) is 0 Å². The number of rotatable bonds is 12. The number of ether oxygens (including phenoxy) is 2. The Bertz CT molecular complexity index is 1250. The Hall–Kier alpha value is -2.47. The van der Waals surface area contributed by atoms with E-state index in [2.05, 4.69) is 0 Å². The van der Waals surface area contributed by atoms with E-state index in [1.54, 1.807) is 37.8 Å². The normalized spacial score (nSPS) is 22.2. The molecule has 2 aliphatic carbocycles. The van der Waals surface area contributed by atoms with Gasteiger partial charge in [-0.1, -0.05) is 6.07 Å². The number of carbonyl (C=O) groups excluding carboxylic acids is 1. The van der Waals surface area contributed by atoms with Gasteiger partial charge >= 0.3 is 12.1 Å². The summed E-state index contributed by atoms with van der Waals surface area (Å²) in [7, 11) is -4.10. The number of nitrogens with zero attached hydrogens (tertiary/aromatic N) is 2. The summed E-state index contributed by atoms with van der Waals surface area (Å²) in [6, 6.07) is 3.47. The van der Waals surface area contributed by atoms with E-state index < -0.39 is 39.7 Å². The number of hydrogen-bond acceptors (Lipinski definition) is 6. The molecule has 0 spiro atoms. The van der Waals surface area contributed by atoms with E-state index in [-0.39, 0.29) is 67.4 Å². The molecule has 0 unspecified atom stereocenters. The van der Waals surface area contributed by atoms with Crippen LogP contribution in [0.4, 0.5) is 13.6 Å². The molecule has 0 radical (unpaired) electrons. The van der Waals surface area contributed by atoms with E-state index in [1.807, 2.05) is 6.92 Å². The zero-order valence-corrected chi connectivity index (χ0v) is 26.5. The lowest BCUT2D eigenvalue weighted by Gasteiger charge is -2.37. The maximum Gasteiger partial charge on any atom is 0.410 e. The molecule has 43 heavy (non-hydrogen) atoms. The van der Waals surface area contributed by atoms with Gasteiger partial charge in [-0.05, 0) is 109 Å². The van der Waals surface area contributed by atoms with Crippen molar-refractivity contribution in [3.8, 4) is 5.75 Å². The van der Waals surface area contributed by atoms with Crippen molar-refractivity contribution >= 4 is 22.1 Å². The highest BCUT2D eigenvalue weighted by Crippen LogP contribution is 2.40. The number of aryl methyl sites for hydroxylation is 1. The number of carbonyl (C=O) groups is 2. The molecule has 4 rings (SSSR count). The smallest absolute Gasteiger partial charge is 0.410 e. The number of benzene rings is 1. The Morgan fingerprint density at radius 2 is 1.79 bits per heavy atom. The molecule has 1 aliphatic heterocycles. The second-order valence-corrected chi connectivity index (χ2v) is 15.2. The third kappa shape index (κ3) is 8.80. The standard InChI is InChI=1S/C31H46F2N2O7S/c1-21-10-13-27(43(39,40)35-19-7-8-24(35)28(36)37)26(20-21)41-25(22-11-12-22)9-5-6-18-34(29(38)42-30(2,3)4)23-14-16-31(32,33)17-15-23/h10,13,20,22-25H,5-9,11-12,14-19H2,1-4H3,(H,36,37)/t24-,25+/m0/s1. The molecule has 9 nitrogen and oxygen atoms in total. The van der Waals surface area contributed by atoms with Crippen LogP contribution in [0.5, 0.6) is 5.75 Å². The van der Waals surface area contributed by atoms with Crippen LogP contribution in [0.1, 0.15) is 97.0 Å². The molecule has 1 aromatic carbocycles. The topological polar surface area (TPSA) is 113 Å². The summed E-state index contributed by atoms with van der Waals surface area (Å²) >= 11 is 0. The molecule has 2 atom stereocenters. The van der Waals surface area contributed by atoms with Crippen LogP contribution in [0.15, 0.2) is 23.1 Å². The number of alkyl halides is 2. The molecule has 1 saturated heterocycles. The molecular weight excluding hydrogens is 582 g/mol. The van der Waals surface area contributed by atoms with Crippen LogP contribution in [-0.2, 0) is 19.6 Å². The van der Waals surface area contributed by atoms with Gasteiger partial charge in [0.05, 0.1) is 0 Å². The molecule has 3 aliphatic rings. The van der Waals surface area contributed by atoms with E-state index in [0.29, 0.717) is 32.2 Å². The van der Waals surface area contributed by atoms with E-state index in [1.165, 1.54) is 6.07 Å². The first-order valence-electron chi connectivity index (χ1n) is 15.5. The number of halogens is 2. The van der Waals surface area contributed by atoms with Crippen LogP contribution in [0.2, 0.25) is 0 Å². The first-order valence-corrected chi connectivity index (χ1v) is 16.9. The van der Waals surface area contributed by atoms with Crippen molar-refractivity contribution < 1.29 is 41.4 Å². The van der Waals surface area contributed by atoms with E-state index in [9.17, 15) is 31.9 Å². The monoisotopic (exact) mass is 628 g/mol. The molecule has 3 fully saturated rings. The van der Waals surface area contributed by atoms with Gasteiger partial charge in [-0.2, -0.15) is 4.31 Å². The first kappa shape index (κ1) is 33.4. The zero-order chi connectivity index (χ0) is 31.6. The van der Waals surface area contributed by atoms with Gasteiger partial charge in [0.15, 0.2) is 0 Å². The lowest BCUT2D eigenvalue weighted by atomic mass is 9.91. The molecule has 242 valence electrons. The number of sulfonamides is 1. The van der Waals surface area contributed by atoms with Crippen molar-refractivity contribution in [3.63, 3.8) is 0 Å². The fraction of sp³-hybridized carbons (Fsp3) is 0.742. The van der Waals surface area contributed by atoms with E-state index in [0.717, 1.165) is 22.7 Å². The van der Waals surface area contributed by atoms with Crippen LogP contribution in [0.25, 0.3) is 0 Å². The largest absolute Gasteiger partial charge is 0.489 e. The summed E-state index contributed by atoms with van der Waals surface area (Å²) in [5.74, 6) is -3.35. The third-order valence-corrected chi connectivity index (χ3v) is 10.4. The fourth-order valence-corrected chi connectivity index (χ4v) is 7.81. The molecule has 1 amide bonds. The Labute approximate surface area is 253 Å². The highest BCUT2D eigenvalue weighted by molar-refractivity contribution is 7.89. The average Bonchev–Trinajstić information content (AvgIpc) is 3.61. The second kappa shape index (κ2) is 13.3. The SMILES string of the molecule is Cc1ccc(S(=O)(=O)N2CCC[C@H]2C(=O)O)c(O[C@H](CCCCN(C(=O)OC(C)(C)C)C2CCC(F)(F)CC2)C2CC2)c1. The summed E-state index contributed by atoms with van der Waals surface area (Å²) in [5, 5.41) is 9.59. The molecule has 0 bridgehead atoms. The van der Waals surface area contributed by atoms with Gasteiger partial charge in [-0.3, -0.25) is 4.79 Å². The Morgan fingerprint density at radius 1 is 1.12 bits per heavy atom. The lowest BCUT2D eigenvalue weighted by Crippen LogP contribution is -2.46. The maximum atomic E-state index is 13.8.